The van der Waals surface area contributed by atoms with Gasteiger partial charge in [-0.25, -0.2) is 0 Å². The molecule has 2 heteroatoms. The molecule has 1 atom stereocenters. The van der Waals surface area contributed by atoms with E-state index in [4.69, 9.17) is 0 Å². The van der Waals surface area contributed by atoms with Crippen LogP contribution in [0.2, 0.25) is 0 Å². The van der Waals surface area contributed by atoms with Crippen LogP contribution in [-0.2, 0) is 0 Å². The second-order valence-electron chi connectivity index (χ2n) is 7.72. The van der Waals surface area contributed by atoms with Crippen molar-refractivity contribution in [1.29, 1.82) is 0 Å². The van der Waals surface area contributed by atoms with E-state index in [1.54, 1.807) is 6.20 Å². The normalized spacial score (nSPS) is 13.4. The topological polar surface area (TPSA) is 33.1 Å². The summed E-state index contributed by atoms with van der Waals surface area (Å²) < 4.78 is 0. The smallest absolute Gasteiger partial charge is 0.145 e. The molecule has 1 aromatic heterocycles. The van der Waals surface area contributed by atoms with Gasteiger partial charge in [0.2, 0.25) is 0 Å². The van der Waals surface area contributed by atoms with Crippen LogP contribution in [0, 0.1) is 11.3 Å². The number of phenols is 1. The second kappa shape index (κ2) is 7.16. The van der Waals surface area contributed by atoms with Crippen LogP contribution in [0.1, 0.15) is 58.4 Å². The van der Waals surface area contributed by atoms with E-state index in [2.05, 4.69) is 39.3 Å². The highest BCUT2D eigenvalue weighted by molar-refractivity contribution is 5.85. The van der Waals surface area contributed by atoms with Crippen molar-refractivity contribution in [2.45, 2.75) is 52.9 Å². The predicted molar refractivity (Wildman–Crippen MR) is 98.8 cm³/mol. The second-order valence-corrected chi connectivity index (χ2v) is 7.72. The maximum Gasteiger partial charge on any atom is 0.145 e. The van der Waals surface area contributed by atoms with Crippen LogP contribution in [-0.4, -0.2) is 10.1 Å². The molecule has 0 aliphatic rings. The maximum atomic E-state index is 10.7. The lowest BCUT2D eigenvalue weighted by atomic mass is 9.76. The first-order valence-corrected chi connectivity index (χ1v) is 8.53. The number of nitrogens with zero attached hydrogens (tertiary/aromatic N) is 1. The highest BCUT2D eigenvalue weighted by Crippen LogP contribution is 2.41. The van der Waals surface area contributed by atoms with Crippen molar-refractivity contribution in [3.05, 3.63) is 48.7 Å². The Morgan fingerprint density at radius 3 is 2.65 bits per heavy atom. The zero-order valence-corrected chi connectivity index (χ0v) is 14.8. The molecule has 0 fully saturated rings. The first-order chi connectivity index (χ1) is 10.8. The molecule has 1 heterocycles. The van der Waals surface area contributed by atoms with Gasteiger partial charge in [0, 0.05) is 23.1 Å². The zero-order valence-electron chi connectivity index (χ0n) is 14.8. The number of benzene rings is 1. The molecule has 0 spiro atoms. The van der Waals surface area contributed by atoms with Gasteiger partial charge in [-0.3, -0.25) is 4.98 Å². The van der Waals surface area contributed by atoms with Gasteiger partial charge in [-0.1, -0.05) is 58.4 Å². The number of allylic oxidation sites excluding steroid dienone is 1. The maximum absolute atomic E-state index is 10.7. The van der Waals surface area contributed by atoms with E-state index >= 15 is 0 Å². The summed E-state index contributed by atoms with van der Waals surface area (Å²) >= 11 is 0. The molecule has 2 nitrogen and oxygen atoms in total. The molecule has 0 radical (unpaired) electrons. The van der Waals surface area contributed by atoms with E-state index in [9.17, 15) is 5.11 Å². The molecule has 124 valence electrons. The van der Waals surface area contributed by atoms with Gasteiger partial charge in [0.05, 0.1) is 0 Å². The molecule has 23 heavy (non-hydrogen) atoms. The Morgan fingerprint density at radius 2 is 2.00 bits per heavy atom. The average Bonchev–Trinajstić information content (AvgIpc) is 2.52. The predicted octanol–water partition coefficient (Wildman–Crippen LogP) is 6.06. The van der Waals surface area contributed by atoms with Crippen LogP contribution in [0.4, 0.5) is 0 Å². The summed E-state index contributed by atoms with van der Waals surface area (Å²) in [6, 6.07) is 7.92. The van der Waals surface area contributed by atoms with E-state index in [0.717, 1.165) is 23.3 Å². The van der Waals surface area contributed by atoms with Crippen molar-refractivity contribution in [1.82, 2.24) is 4.98 Å². The summed E-state index contributed by atoms with van der Waals surface area (Å²) in [6.07, 6.45) is 7.07. The number of hydrogen-bond donors (Lipinski definition) is 1. The van der Waals surface area contributed by atoms with Crippen LogP contribution in [0.3, 0.4) is 0 Å². The molecule has 0 saturated heterocycles. The third kappa shape index (κ3) is 4.34. The quantitative estimate of drug-likeness (QED) is 0.630. The lowest BCUT2D eigenvalue weighted by molar-refractivity contribution is 0.270. The van der Waals surface area contributed by atoms with Crippen LogP contribution >= 0.6 is 0 Å². The van der Waals surface area contributed by atoms with Gasteiger partial charge in [-0.15, -0.1) is 6.58 Å². The van der Waals surface area contributed by atoms with E-state index in [0.29, 0.717) is 11.3 Å². The van der Waals surface area contributed by atoms with Crippen molar-refractivity contribution in [3.63, 3.8) is 0 Å². The number of aromatic nitrogens is 1. The molecular formula is C21H29NO. The summed E-state index contributed by atoms with van der Waals surface area (Å²) in [5.41, 5.74) is 1.83. The van der Waals surface area contributed by atoms with E-state index < -0.39 is 0 Å². The number of hydrogen-bond acceptors (Lipinski definition) is 2. The Balaban J connectivity index is 2.27. The number of aromatic hydroxyl groups is 1. The van der Waals surface area contributed by atoms with E-state index in [1.165, 1.54) is 12.8 Å². The Kier molecular flexibility index (Phi) is 5.46. The molecule has 0 aliphatic heterocycles. The fourth-order valence-corrected chi connectivity index (χ4v) is 3.14. The number of phenolic OH excluding ortho intramolecular Hbond substituents is 1. The van der Waals surface area contributed by atoms with Gasteiger partial charge < -0.3 is 5.11 Å². The summed E-state index contributed by atoms with van der Waals surface area (Å²) in [4.78, 5) is 4.33. The molecule has 1 unspecified atom stereocenters. The third-order valence-electron chi connectivity index (χ3n) is 4.63. The van der Waals surface area contributed by atoms with Gasteiger partial charge in [-0.2, -0.15) is 0 Å². The van der Waals surface area contributed by atoms with Gasteiger partial charge in [0.1, 0.15) is 11.3 Å². The molecule has 0 amide bonds. The number of pyridine rings is 1. The molecule has 0 bridgehead atoms. The number of rotatable bonds is 7. The standard InChI is InChI=1S/C21H29NO/c1-6-16(14-21(4,5)12-11-15(2)3)18-10-9-17-8-7-13-22-19(17)20(18)23/h6-10,13,15-16,23H,1,11-12,14H2,2-5H3. The molecule has 1 N–H and O–H groups in total. The van der Waals surface area contributed by atoms with Crippen molar-refractivity contribution in [3.8, 4) is 5.75 Å². The Morgan fingerprint density at radius 1 is 1.26 bits per heavy atom. The summed E-state index contributed by atoms with van der Waals surface area (Å²) in [6.45, 7) is 13.2. The van der Waals surface area contributed by atoms with Gasteiger partial charge in [0.15, 0.2) is 0 Å². The van der Waals surface area contributed by atoms with Crippen molar-refractivity contribution in [2.24, 2.45) is 11.3 Å². The van der Waals surface area contributed by atoms with Gasteiger partial charge in [-0.05, 0) is 30.2 Å². The molecule has 0 aliphatic carbocycles. The SMILES string of the molecule is C=CC(CC(C)(C)CCC(C)C)c1ccc2cccnc2c1O. The highest BCUT2D eigenvalue weighted by Gasteiger charge is 2.25. The zero-order chi connectivity index (χ0) is 17.0. The Hall–Kier alpha value is -1.83. The summed E-state index contributed by atoms with van der Waals surface area (Å²) in [7, 11) is 0. The van der Waals surface area contributed by atoms with Gasteiger partial charge >= 0.3 is 0 Å². The fourth-order valence-electron chi connectivity index (χ4n) is 3.14. The Labute approximate surface area is 140 Å². The van der Waals surface area contributed by atoms with E-state index in [-0.39, 0.29) is 11.3 Å². The molecule has 0 saturated carbocycles. The van der Waals surface area contributed by atoms with Crippen molar-refractivity contribution in [2.75, 3.05) is 0 Å². The largest absolute Gasteiger partial charge is 0.505 e. The van der Waals surface area contributed by atoms with Crippen molar-refractivity contribution < 1.29 is 5.11 Å². The molecule has 1 aromatic carbocycles. The first kappa shape index (κ1) is 17.5. The fraction of sp³-hybridized carbons (Fsp3) is 0.476. The molecule has 2 rings (SSSR count). The van der Waals surface area contributed by atoms with Crippen LogP contribution in [0.15, 0.2) is 43.1 Å². The molecular weight excluding hydrogens is 282 g/mol. The monoisotopic (exact) mass is 311 g/mol. The summed E-state index contributed by atoms with van der Waals surface area (Å²) in [5, 5.41) is 11.6. The van der Waals surface area contributed by atoms with Crippen LogP contribution in [0.5, 0.6) is 5.75 Å². The number of fused-ring (bicyclic) bond motifs is 1. The van der Waals surface area contributed by atoms with Crippen molar-refractivity contribution >= 4 is 10.9 Å². The minimum atomic E-state index is 0.142. The lowest BCUT2D eigenvalue weighted by Gasteiger charge is -2.30. The summed E-state index contributed by atoms with van der Waals surface area (Å²) in [5.74, 6) is 1.16. The van der Waals surface area contributed by atoms with E-state index in [1.807, 2.05) is 30.3 Å². The van der Waals surface area contributed by atoms with Crippen LogP contribution < -0.4 is 0 Å². The minimum Gasteiger partial charge on any atom is -0.505 e. The average molecular weight is 311 g/mol. The minimum absolute atomic E-state index is 0.142. The highest BCUT2D eigenvalue weighted by atomic mass is 16.3. The van der Waals surface area contributed by atoms with Gasteiger partial charge in [0.25, 0.3) is 0 Å². The molecule has 2 aromatic rings. The lowest BCUT2D eigenvalue weighted by Crippen LogP contribution is -2.16. The third-order valence-corrected chi connectivity index (χ3v) is 4.63. The Bertz CT molecular complexity index is 673. The van der Waals surface area contributed by atoms with Crippen LogP contribution in [0.25, 0.3) is 10.9 Å². The first-order valence-electron chi connectivity index (χ1n) is 8.53.